The molecule has 0 aliphatic carbocycles. The molecule has 0 unspecified atom stereocenters. The summed E-state index contributed by atoms with van der Waals surface area (Å²) in [5.41, 5.74) is 2.91. The van der Waals surface area contributed by atoms with Crippen LogP contribution < -0.4 is 0 Å². The number of hydrogen-bond donors (Lipinski definition) is 3. The SMILES string of the molecule is CCN(CCCc1ccccc1)CCCc1ccccc1.O=P(O)(O)O. The molecule has 0 aromatic heterocycles. The molecule has 3 N–H and O–H groups in total. The maximum absolute atomic E-state index is 8.88. The fourth-order valence-electron chi connectivity index (χ4n) is 2.73. The molecule has 0 saturated carbocycles. The van der Waals surface area contributed by atoms with Crippen LogP contribution in [0.25, 0.3) is 0 Å². The van der Waals surface area contributed by atoms with E-state index >= 15 is 0 Å². The van der Waals surface area contributed by atoms with Crippen LogP contribution in [-0.2, 0) is 17.4 Å². The molecule has 6 heteroatoms. The van der Waals surface area contributed by atoms with E-state index in [0.29, 0.717) is 0 Å². The average molecular weight is 379 g/mol. The third-order valence-electron chi connectivity index (χ3n) is 4.01. The minimum atomic E-state index is -4.64. The van der Waals surface area contributed by atoms with Gasteiger partial charge in [-0.15, -0.1) is 0 Å². The molecule has 144 valence electrons. The highest BCUT2D eigenvalue weighted by Gasteiger charge is 2.03. The Kier molecular flexibility index (Phi) is 11.1. The maximum atomic E-state index is 8.88. The second kappa shape index (κ2) is 12.8. The predicted octanol–water partition coefficient (Wildman–Crippen LogP) is 3.65. The van der Waals surface area contributed by atoms with Gasteiger partial charge in [-0.1, -0.05) is 67.6 Å². The minimum absolute atomic E-state index is 1.16. The molecule has 0 bridgehead atoms. The fourth-order valence-corrected chi connectivity index (χ4v) is 2.73. The van der Waals surface area contributed by atoms with E-state index in [4.69, 9.17) is 19.2 Å². The second-order valence-electron chi connectivity index (χ2n) is 6.13. The highest BCUT2D eigenvalue weighted by molar-refractivity contribution is 7.45. The monoisotopic (exact) mass is 379 g/mol. The second-order valence-corrected chi connectivity index (χ2v) is 7.15. The van der Waals surface area contributed by atoms with Crippen molar-refractivity contribution in [3.8, 4) is 0 Å². The lowest BCUT2D eigenvalue weighted by Crippen LogP contribution is -2.26. The van der Waals surface area contributed by atoms with Crippen LogP contribution in [0.2, 0.25) is 0 Å². The number of benzene rings is 2. The first-order valence-corrected chi connectivity index (χ1v) is 10.5. The Balaban J connectivity index is 0.000000597. The number of phosphoric acid groups is 1. The predicted molar refractivity (Wildman–Crippen MR) is 106 cm³/mol. The van der Waals surface area contributed by atoms with Crippen molar-refractivity contribution in [1.29, 1.82) is 0 Å². The Morgan fingerprint density at radius 3 is 1.42 bits per heavy atom. The molecule has 0 aliphatic rings. The van der Waals surface area contributed by atoms with Gasteiger partial charge in [0.1, 0.15) is 0 Å². The Morgan fingerprint density at radius 1 is 0.769 bits per heavy atom. The van der Waals surface area contributed by atoms with Crippen LogP contribution in [-0.4, -0.2) is 39.2 Å². The Bertz CT molecular complexity index is 577. The number of aryl methyl sites for hydroxylation is 2. The van der Waals surface area contributed by atoms with Crippen LogP contribution in [0, 0.1) is 0 Å². The van der Waals surface area contributed by atoms with Gasteiger partial charge in [-0.25, -0.2) is 4.57 Å². The zero-order chi connectivity index (χ0) is 19.3. The summed E-state index contributed by atoms with van der Waals surface area (Å²) in [4.78, 5) is 24.1. The van der Waals surface area contributed by atoms with Gasteiger partial charge in [-0.3, -0.25) is 0 Å². The Labute approximate surface area is 156 Å². The molecule has 0 radical (unpaired) electrons. The van der Waals surface area contributed by atoms with E-state index in [9.17, 15) is 0 Å². The molecule has 0 aliphatic heterocycles. The molecule has 2 rings (SSSR count). The zero-order valence-electron chi connectivity index (χ0n) is 15.4. The third-order valence-corrected chi connectivity index (χ3v) is 4.01. The molecular weight excluding hydrogens is 349 g/mol. The summed E-state index contributed by atoms with van der Waals surface area (Å²) in [6.45, 7) is 5.84. The van der Waals surface area contributed by atoms with Gasteiger partial charge in [-0.05, 0) is 56.4 Å². The van der Waals surface area contributed by atoms with Crippen LogP contribution in [0.5, 0.6) is 0 Å². The van der Waals surface area contributed by atoms with Crippen LogP contribution in [0.1, 0.15) is 30.9 Å². The van der Waals surface area contributed by atoms with Gasteiger partial charge in [0.25, 0.3) is 0 Å². The largest absolute Gasteiger partial charge is 0.466 e. The Hall–Kier alpha value is -1.49. The van der Waals surface area contributed by atoms with E-state index in [2.05, 4.69) is 72.5 Å². The first-order valence-electron chi connectivity index (χ1n) is 8.97. The van der Waals surface area contributed by atoms with Crippen molar-refractivity contribution in [3.63, 3.8) is 0 Å². The van der Waals surface area contributed by atoms with Crippen LogP contribution >= 0.6 is 7.82 Å². The standard InChI is InChI=1S/C20H27N.H3O4P/c1-2-21(17-9-15-19-11-5-3-6-12-19)18-10-16-20-13-7-4-8-14-20;1-5(2,3)4/h3-8,11-14H,2,9-10,15-18H2,1H3;(H3,1,2,3,4). The molecule has 0 heterocycles. The molecule has 2 aromatic carbocycles. The molecular formula is C20H30NO4P. The van der Waals surface area contributed by atoms with Crippen molar-refractivity contribution in [2.75, 3.05) is 19.6 Å². The van der Waals surface area contributed by atoms with Gasteiger partial charge in [-0.2, -0.15) is 0 Å². The highest BCUT2D eigenvalue weighted by Crippen LogP contribution is 2.25. The molecule has 2 aromatic rings. The summed E-state index contributed by atoms with van der Waals surface area (Å²) in [6.07, 6.45) is 4.89. The number of rotatable bonds is 9. The van der Waals surface area contributed by atoms with E-state index in [0.717, 1.165) is 6.54 Å². The summed E-state index contributed by atoms with van der Waals surface area (Å²) in [7, 11) is -4.64. The number of hydrogen-bond acceptors (Lipinski definition) is 2. The van der Waals surface area contributed by atoms with E-state index in [-0.39, 0.29) is 0 Å². The summed E-state index contributed by atoms with van der Waals surface area (Å²) >= 11 is 0. The van der Waals surface area contributed by atoms with Gasteiger partial charge in [0.2, 0.25) is 0 Å². The van der Waals surface area contributed by atoms with Gasteiger partial charge >= 0.3 is 7.82 Å². The van der Waals surface area contributed by atoms with Crippen molar-refractivity contribution < 1.29 is 19.2 Å². The lowest BCUT2D eigenvalue weighted by Gasteiger charge is -2.20. The average Bonchev–Trinajstić information content (AvgIpc) is 2.61. The van der Waals surface area contributed by atoms with Gasteiger partial charge < -0.3 is 19.6 Å². The highest BCUT2D eigenvalue weighted by atomic mass is 31.2. The van der Waals surface area contributed by atoms with E-state index in [1.165, 1.54) is 49.9 Å². The molecule has 0 spiro atoms. The van der Waals surface area contributed by atoms with E-state index in [1.54, 1.807) is 0 Å². The molecule has 0 amide bonds. The lowest BCUT2D eigenvalue weighted by atomic mass is 10.1. The van der Waals surface area contributed by atoms with Crippen LogP contribution in [0.4, 0.5) is 0 Å². The van der Waals surface area contributed by atoms with Gasteiger partial charge in [0.15, 0.2) is 0 Å². The van der Waals surface area contributed by atoms with E-state index < -0.39 is 7.82 Å². The van der Waals surface area contributed by atoms with Crippen LogP contribution in [0.15, 0.2) is 60.7 Å². The summed E-state index contributed by atoms with van der Waals surface area (Å²) in [6, 6.07) is 21.6. The van der Waals surface area contributed by atoms with Crippen molar-refractivity contribution >= 4 is 7.82 Å². The smallest absolute Gasteiger partial charge is 0.304 e. The fraction of sp³-hybridized carbons (Fsp3) is 0.400. The van der Waals surface area contributed by atoms with Gasteiger partial charge in [0, 0.05) is 0 Å². The summed E-state index contributed by atoms with van der Waals surface area (Å²) in [5, 5.41) is 0. The Morgan fingerprint density at radius 2 is 1.12 bits per heavy atom. The first kappa shape index (κ1) is 22.6. The van der Waals surface area contributed by atoms with Crippen molar-refractivity contribution in [2.24, 2.45) is 0 Å². The van der Waals surface area contributed by atoms with E-state index in [1.807, 2.05) is 0 Å². The summed E-state index contributed by atoms with van der Waals surface area (Å²) < 4.78 is 8.88. The lowest BCUT2D eigenvalue weighted by molar-refractivity contribution is 0.275. The van der Waals surface area contributed by atoms with Crippen molar-refractivity contribution in [3.05, 3.63) is 71.8 Å². The molecule has 0 fully saturated rings. The molecule has 5 nitrogen and oxygen atoms in total. The summed E-state index contributed by atoms with van der Waals surface area (Å²) in [5.74, 6) is 0. The first-order chi connectivity index (χ1) is 12.4. The normalized spacial score (nSPS) is 11.1. The van der Waals surface area contributed by atoms with Gasteiger partial charge in [0.05, 0.1) is 0 Å². The quantitative estimate of drug-likeness (QED) is 0.580. The topological polar surface area (TPSA) is 81.0 Å². The van der Waals surface area contributed by atoms with Crippen LogP contribution in [0.3, 0.4) is 0 Å². The number of nitrogens with zero attached hydrogens (tertiary/aromatic N) is 1. The molecule has 0 atom stereocenters. The maximum Gasteiger partial charge on any atom is 0.466 e. The molecule has 0 saturated heterocycles. The third kappa shape index (κ3) is 12.8. The molecule has 26 heavy (non-hydrogen) atoms. The zero-order valence-corrected chi connectivity index (χ0v) is 16.3. The van der Waals surface area contributed by atoms with Crippen molar-refractivity contribution in [1.82, 2.24) is 4.90 Å². The van der Waals surface area contributed by atoms with Crippen molar-refractivity contribution in [2.45, 2.75) is 32.6 Å². The minimum Gasteiger partial charge on any atom is -0.304 e.